The third-order valence-corrected chi connectivity index (χ3v) is 14.2. The average Bonchev–Trinajstić information content (AvgIpc) is 4.01. The number of carbonyl (C=O) groups is 3. The smallest absolute Gasteiger partial charge is 0.321 e. The van der Waals surface area contributed by atoms with Crippen molar-refractivity contribution in [1.29, 1.82) is 0 Å². The van der Waals surface area contributed by atoms with E-state index in [9.17, 15) is 14.4 Å². The third kappa shape index (κ3) is 10.9. The molecule has 0 saturated heterocycles. The maximum Gasteiger partial charge on any atom is 0.321 e. The van der Waals surface area contributed by atoms with Gasteiger partial charge in [-0.1, -0.05) is 98.1 Å². The minimum absolute atomic E-state index is 0.0123. The first-order valence-electron chi connectivity index (χ1n) is 24.0. The van der Waals surface area contributed by atoms with Gasteiger partial charge in [-0.25, -0.2) is 0 Å². The number of aromatic nitrogens is 4. The van der Waals surface area contributed by atoms with Crippen LogP contribution in [0.15, 0.2) is 42.5 Å². The molecule has 0 saturated carbocycles. The lowest BCUT2D eigenvalue weighted by Crippen LogP contribution is -2.21. The number of aryl methyl sites for hydroxylation is 3. The molecule has 5 heterocycles. The van der Waals surface area contributed by atoms with Crippen molar-refractivity contribution >= 4 is 39.8 Å². The molecule has 2 N–H and O–H groups in total. The van der Waals surface area contributed by atoms with Crippen LogP contribution in [-0.2, 0) is 31.9 Å². The summed E-state index contributed by atoms with van der Waals surface area (Å²) in [4.78, 5) is 58.7. The maximum atomic E-state index is 14.3. The number of esters is 2. The number of fused-ring (bicyclic) bond motifs is 8. The lowest BCUT2D eigenvalue weighted by Gasteiger charge is -2.15. The van der Waals surface area contributed by atoms with E-state index in [4.69, 9.17) is 19.4 Å². The predicted molar refractivity (Wildman–Crippen MR) is 255 cm³/mol. The number of aromatic amines is 2. The molecule has 0 aromatic carbocycles. The maximum absolute atomic E-state index is 14.3. The van der Waals surface area contributed by atoms with Gasteiger partial charge >= 0.3 is 11.9 Å². The van der Waals surface area contributed by atoms with E-state index in [1.807, 2.05) is 25.1 Å². The minimum atomic E-state index is -1.16. The van der Waals surface area contributed by atoms with Crippen molar-refractivity contribution in [1.82, 2.24) is 19.9 Å². The Morgan fingerprint density at radius 2 is 1.57 bits per heavy atom. The number of ether oxygens (including phenoxy) is 2. The molecule has 3 aliphatic rings. The Bertz CT molecular complexity index is 2360. The molecule has 9 heteroatoms. The zero-order valence-electron chi connectivity index (χ0n) is 40.0. The van der Waals surface area contributed by atoms with Gasteiger partial charge in [0.05, 0.1) is 24.0 Å². The van der Waals surface area contributed by atoms with Gasteiger partial charge in [0.25, 0.3) is 0 Å². The number of H-pyrrole nitrogens is 2. The fourth-order valence-corrected chi connectivity index (χ4v) is 10.3. The Morgan fingerprint density at radius 1 is 0.889 bits per heavy atom. The first-order chi connectivity index (χ1) is 30.1. The van der Waals surface area contributed by atoms with E-state index in [0.717, 1.165) is 81.8 Å². The molecule has 63 heavy (non-hydrogen) atoms. The van der Waals surface area contributed by atoms with Crippen molar-refractivity contribution in [2.75, 3.05) is 13.7 Å². The number of nitrogens with zero attached hydrogens (tertiary/aromatic N) is 2. The van der Waals surface area contributed by atoms with Gasteiger partial charge in [-0.15, -0.1) is 6.58 Å². The second kappa shape index (κ2) is 21.3. The molecule has 2 aliphatic heterocycles. The van der Waals surface area contributed by atoms with Crippen LogP contribution in [0.4, 0.5) is 0 Å². The lowest BCUT2D eigenvalue weighted by atomic mass is 9.89. The minimum Gasteiger partial charge on any atom is -0.468 e. The van der Waals surface area contributed by atoms with Crippen molar-refractivity contribution in [3.05, 3.63) is 93.1 Å². The number of Topliss-reactive ketones (excluding diaryl/α,β-unsaturated/α-hetero) is 1. The fourth-order valence-electron chi connectivity index (χ4n) is 10.3. The third-order valence-electron chi connectivity index (χ3n) is 14.2. The number of methoxy groups -OCH3 is 1. The lowest BCUT2D eigenvalue weighted by molar-refractivity contribution is -0.143. The molecule has 3 aromatic rings. The molecular weight excluding hydrogens is 785 g/mol. The molecule has 340 valence electrons. The number of ketones is 1. The Morgan fingerprint density at radius 3 is 2.24 bits per heavy atom. The van der Waals surface area contributed by atoms with E-state index in [-0.39, 0.29) is 42.5 Å². The van der Waals surface area contributed by atoms with Crippen LogP contribution >= 0.6 is 0 Å². The molecule has 0 spiro atoms. The first kappa shape index (κ1) is 47.7. The van der Waals surface area contributed by atoms with E-state index in [1.165, 1.54) is 63.2 Å². The van der Waals surface area contributed by atoms with Gasteiger partial charge < -0.3 is 19.4 Å². The predicted octanol–water partition coefficient (Wildman–Crippen LogP) is 13.1. The number of allylic oxidation sites excluding steroid dienone is 2. The molecule has 8 bridgehead atoms. The highest BCUT2D eigenvalue weighted by atomic mass is 16.5. The quantitative estimate of drug-likeness (QED) is 0.0658. The summed E-state index contributed by atoms with van der Waals surface area (Å²) >= 11 is 0. The number of hydrogen-bond acceptors (Lipinski definition) is 7. The molecule has 6 atom stereocenters. The Kier molecular flexibility index (Phi) is 16.1. The average molecular weight is 859 g/mol. The van der Waals surface area contributed by atoms with Crippen molar-refractivity contribution in [2.45, 2.75) is 169 Å². The summed E-state index contributed by atoms with van der Waals surface area (Å²) in [6, 6.07) is 6.25. The van der Waals surface area contributed by atoms with Crippen LogP contribution in [0.2, 0.25) is 0 Å². The van der Waals surface area contributed by atoms with Gasteiger partial charge in [0, 0.05) is 63.2 Å². The van der Waals surface area contributed by atoms with Crippen LogP contribution in [0.25, 0.3) is 22.1 Å². The summed E-state index contributed by atoms with van der Waals surface area (Å²) in [6.07, 6.45) is 17.3. The fraction of sp³-hybridized carbons (Fsp3) is 0.574. The zero-order valence-corrected chi connectivity index (χ0v) is 40.0. The molecule has 1 aliphatic carbocycles. The van der Waals surface area contributed by atoms with Crippen molar-refractivity contribution in [3.8, 4) is 0 Å². The topological polar surface area (TPSA) is 127 Å². The van der Waals surface area contributed by atoms with E-state index < -0.39 is 11.9 Å². The van der Waals surface area contributed by atoms with Gasteiger partial charge in [0.1, 0.15) is 12.5 Å². The molecule has 9 nitrogen and oxygen atoms in total. The monoisotopic (exact) mass is 859 g/mol. The Hall–Kier alpha value is -4.79. The van der Waals surface area contributed by atoms with E-state index in [2.05, 4.69) is 84.1 Å². The Labute approximate surface area is 376 Å². The van der Waals surface area contributed by atoms with Crippen molar-refractivity contribution < 1.29 is 23.9 Å². The largest absolute Gasteiger partial charge is 0.468 e. The van der Waals surface area contributed by atoms with Crippen LogP contribution in [0.1, 0.15) is 198 Å². The number of hydrogen-bond donors (Lipinski definition) is 2. The standard InChI is InChI=1S/C54H74N4O5/c1-12-40-35(8)42-28-39-27-38(23-24-47(59)63-26-25-34(7)22-16-21-33(6)20-15-19-32(5)18-14-17-31(3)4)51(55-39)49-50(54(61)62-11)53(60)48-37(10)44(58-52(48)49)30-46-41(13-2)36(9)43(57-46)29-45(40)56-42/h12,25,28-33,35,38,40,50,57-58H,1,13-24,26-27H2,2-11H3/b34-25+,39-28?,42-28?,43-29?,44-30?,45-29?,46-30?,51-49?. The van der Waals surface area contributed by atoms with Crippen molar-refractivity contribution in [2.24, 2.45) is 17.8 Å². The highest BCUT2D eigenvalue weighted by molar-refractivity contribution is 6.23. The van der Waals surface area contributed by atoms with Gasteiger partial charge in [-0.3, -0.25) is 24.4 Å². The van der Waals surface area contributed by atoms with Gasteiger partial charge in [-0.2, -0.15) is 0 Å². The summed E-state index contributed by atoms with van der Waals surface area (Å²) in [7, 11) is 1.31. The number of nitrogens with one attached hydrogen (secondary N) is 2. The van der Waals surface area contributed by atoms with Gasteiger partial charge in [0.2, 0.25) is 0 Å². The van der Waals surface area contributed by atoms with Crippen LogP contribution < -0.4 is 0 Å². The molecule has 3 aromatic heterocycles. The summed E-state index contributed by atoms with van der Waals surface area (Å²) in [6.45, 7) is 24.3. The molecule has 6 unspecified atom stereocenters. The van der Waals surface area contributed by atoms with Gasteiger partial charge in [-0.05, 0) is 112 Å². The van der Waals surface area contributed by atoms with Crippen LogP contribution in [0.5, 0.6) is 0 Å². The van der Waals surface area contributed by atoms with Crippen LogP contribution in [0.3, 0.4) is 0 Å². The molecule has 0 radical (unpaired) electrons. The SMILES string of the molecule is C=CC1c2cc3[nH]c(cc4[nH]c5c(c4C)C(=O)C(C(=O)OC)c5c4nc(cc(n2)C1C)CC4CCC(=O)OC/C=C(\C)CCCC(C)CCCC(C)CCCC(C)C)c(CC)c3C. The number of carbonyl (C=O) groups excluding carboxylic acids is 3. The molecule has 0 amide bonds. The van der Waals surface area contributed by atoms with Crippen molar-refractivity contribution in [3.63, 3.8) is 0 Å². The normalized spacial score (nSPS) is 19.4. The van der Waals surface area contributed by atoms with Gasteiger partial charge in [0.15, 0.2) is 5.78 Å². The molecule has 6 rings (SSSR count). The van der Waals surface area contributed by atoms with E-state index >= 15 is 0 Å². The van der Waals surface area contributed by atoms with E-state index in [0.29, 0.717) is 35.2 Å². The number of rotatable bonds is 20. The molecular formula is C54H74N4O5. The Balaban J connectivity index is 1.21. The van der Waals surface area contributed by atoms with Crippen LogP contribution in [0, 0.1) is 31.6 Å². The zero-order chi connectivity index (χ0) is 45.5. The highest BCUT2D eigenvalue weighted by Crippen LogP contribution is 2.45. The van der Waals surface area contributed by atoms with Crippen LogP contribution in [-0.4, -0.2) is 51.4 Å². The second-order valence-corrected chi connectivity index (χ2v) is 19.5. The highest BCUT2D eigenvalue weighted by Gasteiger charge is 2.44. The summed E-state index contributed by atoms with van der Waals surface area (Å²) in [5.41, 5.74) is 11.9. The summed E-state index contributed by atoms with van der Waals surface area (Å²) < 4.78 is 11.0. The molecule has 0 fully saturated rings. The summed E-state index contributed by atoms with van der Waals surface area (Å²) in [5.74, 6) is -0.198. The first-order valence-corrected chi connectivity index (χ1v) is 24.0. The van der Waals surface area contributed by atoms with E-state index in [1.54, 1.807) is 0 Å². The second-order valence-electron chi connectivity index (χ2n) is 19.5. The summed E-state index contributed by atoms with van der Waals surface area (Å²) in [5, 5.41) is 0.